The van der Waals surface area contributed by atoms with Crippen LogP contribution in [0.2, 0.25) is 15.1 Å². The van der Waals surface area contributed by atoms with Crippen LogP contribution in [0.15, 0.2) is 28.7 Å². The molecule has 0 aliphatic rings. The molecule has 1 N–H and O–H groups in total. The highest BCUT2D eigenvalue weighted by atomic mass is 35.5. The third-order valence-electron chi connectivity index (χ3n) is 2.43. The van der Waals surface area contributed by atoms with Gasteiger partial charge in [0.2, 0.25) is 0 Å². The Morgan fingerprint density at radius 1 is 1.11 bits per heavy atom. The normalized spacial score (nSPS) is 12.7. The van der Waals surface area contributed by atoms with Crippen LogP contribution in [0.25, 0.3) is 11.3 Å². The fourth-order valence-corrected chi connectivity index (χ4v) is 2.27. The predicted molar refractivity (Wildman–Crippen MR) is 74.6 cm³/mol. The summed E-state index contributed by atoms with van der Waals surface area (Å²) < 4.78 is 5.61. The molecule has 0 spiro atoms. The lowest BCUT2D eigenvalue weighted by atomic mass is 10.2. The Balaban J connectivity index is 2.37. The number of aliphatic hydroxyl groups is 1. The van der Waals surface area contributed by atoms with Crippen LogP contribution in [0.1, 0.15) is 12.7 Å². The SMILES string of the molecule is CC(O)Cc1ccc(-c2cc(Cl)c(Cl)cc2Cl)o1. The van der Waals surface area contributed by atoms with Crippen molar-refractivity contribution in [1.29, 1.82) is 0 Å². The van der Waals surface area contributed by atoms with Gasteiger partial charge in [-0.1, -0.05) is 34.8 Å². The molecular formula is C13H11Cl3O2. The van der Waals surface area contributed by atoms with Crippen LogP contribution < -0.4 is 0 Å². The first-order valence-corrected chi connectivity index (χ1v) is 6.52. The summed E-state index contributed by atoms with van der Waals surface area (Å²) in [7, 11) is 0. The summed E-state index contributed by atoms with van der Waals surface area (Å²) in [6.07, 6.45) is 0.00661. The Morgan fingerprint density at radius 3 is 2.44 bits per heavy atom. The third-order valence-corrected chi connectivity index (χ3v) is 3.47. The Morgan fingerprint density at radius 2 is 1.78 bits per heavy atom. The lowest BCUT2D eigenvalue weighted by Crippen LogP contribution is -2.02. The van der Waals surface area contributed by atoms with E-state index in [4.69, 9.17) is 39.2 Å². The molecule has 0 amide bonds. The molecule has 0 aliphatic carbocycles. The molecule has 96 valence electrons. The third kappa shape index (κ3) is 3.01. The van der Waals surface area contributed by atoms with Crippen LogP contribution in [0.3, 0.4) is 0 Å². The van der Waals surface area contributed by atoms with Gasteiger partial charge in [0.25, 0.3) is 0 Å². The second-order valence-electron chi connectivity index (χ2n) is 4.07. The second kappa shape index (κ2) is 5.54. The van der Waals surface area contributed by atoms with Crippen LogP contribution in [-0.2, 0) is 6.42 Å². The van der Waals surface area contributed by atoms with Crippen molar-refractivity contribution in [2.75, 3.05) is 0 Å². The number of rotatable bonds is 3. The lowest BCUT2D eigenvalue weighted by Gasteiger charge is -2.04. The molecule has 0 aliphatic heterocycles. The summed E-state index contributed by atoms with van der Waals surface area (Å²) in [6, 6.07) is 6.85. The van der Waals surface area contributed by atoms with Gasteiger partial charge in [0, 0.05) is 12.0 Å². The Hall–Kier alpha value is -0.670. The maximum absolute atomic E-state index is 9.30. The van der Waals surface area contributed by atoms with Gasteiger partial charge >= 0.3 is 0 Å². The summed E-state index contributed by atoms with van der Waals surface area (Å²) in [5, 5.41) is 10.6. The van der Waals surface area contributed by atoms with Crippen molar-refractivity contribution in [2.24, 2.45) is 0 Å². The van der Waals surface area contributed by atoms with Crippen LogP contribution in [0.5, 0.6) is 0 Å². The van der Waals surface area contributed by atoms with Gasteiger partial charge < -0.3 is 9.52 Å². The number of furan rings is 1. The molecule has 18 heavy (non-hydrogen) atoms. The van der Waals surface area contributed by atoms with Crippen molar-refractivity contribution in [3.63, 3.8) is 0 Å². The van der Waals surface area contributed by atoms with Crippen molar-refractivity contribution in [1.82, 2.24) is 0 Å². The number of halogens is 3. The first-order valence-electron chi connectivity index (χ1n) is 5.39. The number of hydrogen-bond donors (Lipinski definition) is 1. The number of benzene rings is 1. The predicted octanol–water partition coefficient (Wildman–Crippen LogP) is 4.83. The summed E-state index contributed by atoms with van der Waals surface area (Å²) in [5.41, 5.74) is 0.683. The maximum Gasteiger partial charge on any atom is 0.135 e. The fraction of sp³-hybridized carbons (Fsp3) is 0.231. The van der Waals surface area contributed by atoms with E-state index in [0.717, 1.165) is 0 Å². The van der Waals surface area contributed by atoms with Crippen LogP contribution in [0, 0.1) is 0 Å². The van der Waals surface area contributed by atoms with Gasteiger partial charge in [-0.2, -0.15) is 0 Å². The van der Waals surface area contributed by atoms with Crippen LogP contribution in [-0.4, -0.2) is 11.2 Å². The number of hydrogen-bond acceptors (Lipinski definition) is 2. The fourth-order valence-electron chi connectivity index (χ4n) is 1.63. The molecule has 1 heterocycles. The van der Waals surface area contributed by atoms with Crippen LogP contribution >= 0.6 is 34.8 Å². The second-order valence-corrected chi connectivity index (χ2v) is 5.29. The van der Waals surface area contributed by atoms with Gasteiger partial charge in [-0.15, -0.1) is 0 Å². The molecule has 0 saturated heterocycles. The van der Waals surface area contributed by atoms with Gasteiger partial charge in [0.05, 0.1) is 21.2 Å². The van der Waals surface area contributed by atoms with Crippen LogP contribution in [0.4, 0.5) is 0 Å². The minimum Gasteiger partial charge on any atom is -0.461 e. The standard InChI is InChI=1S/C13H11Cl3O2/c1-7(17)4-8-2-3-13(18-8)9-5-11(15)12(16)6-10(9)14/h2-3,5-7,17H,4H2,1H3. The average molecular weight is 306 g/mol. The van der Waals surface area contributed by atoms with Crippen molar-refractivity contribution < 1.29 is 9.52 Å². The molecule has 1 aromatic heterocycles. The molecule has 0 fully saturated rings. The van der Waals surface area contributed by atoms with Gasteiger partial charge in [-0.05, 0) is 31.2 Å². The van der Waals surface area contributed by atoms with E-state index in [9.17, 15) is 5.11 Å². The quantitative estimate of drug-likeness (QED) is 0.824. The molecular weight excluding hydrogens is 294 g/mol. The Kier molecular flexibility index (Phi) is 4.23. The van der Waals surface area contributed by atoms with Gasteiger partial charge in [0.1, 0.15) is 11.5 Å². The van der Waals surface area contributed by atoms with E-state index in [1.165, 1.54) is 0 Å². The highest BCUT2D eigenvalue weighted by Gasteiger charge is 2.12. The lowest BCUT2D eigenvalue weighted by molar-refractivity contribution is 0.187. The van der Waals surface area contributed by atoms with Crippen molar-refractivity contribution in [2.45, 2.75) is 19.4 Å². The molecule has 2 rings (SSSR count). The molecule has 5 heteroatoms. The minimum atomic E-state index is -0.451. The molecule has 0 bridgehead atoms. The van der Waals surface area contributed by atoms with E-state index in [-0.39, 0.29) is 0 Å². The molecule has 1 atom stereocenters. The van der Waals surface area contributed by atoms with E-state index in [1.807, 2.05) is 0 Å². The maximum atomic E-state index is 9.30. The topological polar surface area (TPSA) is 33.4 Å². The summed E-state index contributed by atoms with van der Waals surface area (Å²) in [4.78, 5) is 0. The molecule has 1 unspecified atom stereocenters. The van der Waals surface area contributed by atoms with E-state index in [2.05, 4.69) is 0 Å². The zero-order chi connectivity index (χ0) is 13.3. The smallest absolute Gasteiger partial charge is 0.135 e. The first kappa shape index (κ1) is 13.8. The van der Waals surface area contributed by atoms with Crippen molar-refractivity contribution >= 4 is 34.8 Å². The minimum absolute atomic E-state index is 0.404. The highest BCUT2D eigenvalue weighted by Crippen LogP contribution is 2.36. The van der Waals surface area contributed by atoms with Gasteiger partial charge in [-0.25, -0.2) is 0 Å². The molecule has 2 nitrogen and oxygen atoms in total. The average Bonchev–Trinajstić information content (AvgIpc) is 2.70. The Labute approximate surface area is 120 Å². The monoisotopic (exact) mass is 304 g/mol. The molecule has 1 aromatic carbocycles. The van der Waals surface area contributed by atoms with E-state index in [1.54, 1.807) is 31.2 Å². The number of aliphatic hydroxyl groups excluding tert-OH is 1. The zero-order valence-electron chi connectivity index (χ0n) is 9.58. The molecule has 0 radical (unpaired) electrons. The molecule has 2 aromatic rings. The highest BCUT2D eigenvalue weighted by molar-refractivity contribution is 6.44. The van der Waals surface area contributed by atoms with Gasteiger partial charge in [0.15, 0.2) is 0 Å². The molecule has 0 saturated carbocycles. The van der Waals surface area contributed by atoms with E-state index < -0.39 is 6.10 Å². The van der Waals surface area contributed by atoms with E-state index >= 15 is 0 Å². The zero-order valence-corrected chi connectivity index (χ0v) is 11.9. The summed E-state index contributed by atoms with van der Waals surface area (Å²) >= 11 is 17.9. The van der Waals surface area contributed by atoms with E-state index in [0.29, 0.717) is 38.6 Å². The summed E-state index contributed by atoms with van der Waals surface area (Å²) in [6.45, 7) is 1.70. The van der Waals surface area contributed by atoms with Gasteiger partial charge in [-0.3, -0.25) is 0 Å². The summed E-state index contributed by atoms with van der Waals surface area (Å²) in [5.74, 6) is 1.30. The Bertz CT molecular complexity index is 561. The van der Waals surface area contributed by atoms with Crippen molar-refractivity contribution in [3.05, 3.63) is 45.1 Å². The van der Waals surface area contributed by atoms with Crippen molar-refractivity contribution in [3.8, 4) is 11.3 Å². The largest absolute Gasteiger partial charge is 0.461 e. The first-order chi connectivity index (χ1) is 8.47.